The van der Waals surface area contributed by atoms with Gasteiger partial charge in [-0.05, 0) is 112 Å². The van der Waals surface area contributed by atoms with E-state index < -0.39 is 60.1 Å². The first-order valence-electron chi connectivity index (χ1n) is 23.3. The molecule has 0 bridgehead atoms. The molecule has 74 heavy (non-hydrogen) atoms. The summed E-state index contributed by atoms with van der Waals surface area (Å²) in [4.78, 5) is 76.3. The van der Waals surface area contributed by atoms with Gasteiger partial charge in [-0.15, -0.1) is 0 Å². The van der Waals surface area contributed by atoms with Crippen LogP contribution in [-0.4, -0.2) is 101 Å². The van der Waals surface area contributed by atoms with Crippen molar-refractivity contribution in [1.29, 1.82) is 0 Å². The van der Waals surface area contributed by atoms with E-state index in [0.29, 0.717) is 60.6 Å². The van der Waals surface area contributed by atoms with Crippen molar-refractivity contribution in [2.75, 3.05) is 47.4 Å². The molecule has 2 fully saturated rings. The zero-order chi connectivity index (χ0) is 52.9. The molecule has 4 aromatic carbocycles. The molecule has 16 nitrogen and oxygen atoms in total. The number of anilines is 6. The maximum Gasteiger partial charge on any atom is 0.410 e. The molecule has 0 radical (unpaired) electrons. The molecule has 2 aromatic heterocycles. The highest BCUT2D eigenvalue weighted by Crippen LogP contribution is 2.33. The molecule has 23 heteroatoms. The standard InChI is InChI=1S/C51H51Cl2F3N10O6S2/c1-27-8-5-13-34(52)41(27)64-45(69)38-23-58-47(73-38)60-32-11-6-9-30(20-32)43(67)62-37-15-17-66(25-36(37)54)49(71)72-50(3,4)22-29-18-28(2)42(35(53)19-29)65-46(70)39-24-59-48(74-39)61-33-12-7-10-31(21-33)44(68)63-40-14-16-57-26-51(40,55)56/h5-13,18-21,23-24,36-37,40,57H,14-17,22,25-26H2,1-4H3,(H,58,60)(H,59,61)(H,62,67)(H,63,68)(H,64,69)(H,65,70)/t36-,37+,40?/m0/s1. The SMILES string of the molecule is Cc1cccc(Cl)c1NC(=O)c1cnc(Nc2cccc(C(=O)N[C@@H]3CCN(C(=O)OC(C)(C)Cc4cc(C)c(NC(=O)c5cnc(Nc6cccc(C(=O)NC7CCNCC7(F)F)c6)s5)c(Cl)c4)C[C@@H]3F)c2)s1. The number of aromatic nitrogens is 2. The number of alkyl halides is 3. The number of halogens is 5. The van der Waals surface area contributed by atoms with E-state index in [2.05, 4.69) is 47.2 Å². The lowest BCUT2D eigenvalue weighted by molar-refractivity contribution is -0.0487. The number of ether oxygens (including phenoxy) is 1. The van der Waals surface area contributed by atoms with Gasteiger partial charge in [0, 0.05) is 35.5 Å². The van der Waals surface area contributed by atoms with Gasteiger partial charge in [-0.3, -0.25) is 19.2 Å². The van der Waals surface area contributed by atoms with Gasteiger partial charge in [0.05, 0.1) is 59.0 Å². The number of aryl methyl sites for hydroxylation is 2. The summed E-state index contributed by atoms with van der Waals surface area (Å²) in [5, 5.41) is 21.1. The summed E-state index contributed by atoms with van der Waals surface area (Å²) in [7, 11) is 0. The van der Waals surface area contributed by atoms with Crippen LogP contribution in [0.1, 0.15) is 83.4 Å². The predicted octanol–water partition coefficient (Wildman–Crippen LogP) is 10.5. The lowest BCUT2D eigenvalue weighted by Gasteiger charge is -2.36. The quantitative estimate of drug-likeness (QED) is 0.0515. The Morgan fingerprint density at radius 1 is 0.770 bits per heavy atom. The number of nitrogens with zero attached hydrogens (tertiary/aromatic N) is 3. The van der Waals surface area contributed by atoms with Crippen molar-refractivity contribution in [1.82, 2.24) is 30.8 Å². The first-order valence-corrected chi connectivity index (χ1v) is 25.7. The highest BCUT2D eigenvalue weighted by Gasteiger charge is 2.42. The average Bonchev–Trinajstić information content (AvgIpc) is 4.03. The van der Waals surface area contributed by atoms with Crippen LogP contribution in [0.15, 0.2) is 91.3 Å². The van der Waals surface area contributed by atoms with Crippen molar-refractivity contribution >= 4 is 109 Å². The van der Waals surface area contributed by atoms with Crippen LogP contribution in [0.3, 0.4) is 0 Å². The molecular weight excluding hydrogens is 1040 g/mol. The third kappa shape index (κ3) is 13.3. The lowest BCUT2D eigenvalue weighted by atomic mass is 9.96. The van der Waals surface area contributed by atoms with Crippen molar-refractivity contribution in [3.05, 3.63) is 139 Å². The average molecular weight is 1090 g/mol. The Kier molecular flexibility index (Phi) is 16.5. The molecule has 7 N–H and O–H groups in total. The Bertz CT molecular complexity index is 3060. The van der Waals surface area contributed by atoms with Crippen LogP contribution in [0.5, 0.6) is 0 Å². The maximum absolute atomic E-state index is 15.7. The predicted molar refractivity (Wildman–Crippen MR) is 282 cm³/mol. The first kappa shape index (κ1) is 53.5. The van der Waals surface area contributed by atoms with E-state index in [-0.39, 0.29) is 59.3 Å². The molecular formula is C51H51Cl2F3N10O6S2. The molecule has 2 aliphatic rings. The number of para-hydroxylation sites is 1. The van der Waals surface area contributed by atoms with E-state index in [0.717, 1.165) is 28.2 Å². The second-order valence-corrected chi connectivity index (χ2v) is 21.3. The Labute approximate surface area is 442 Å². The number of rotatable bonds is 15. The number of carbonyl (C=O) groups is 5. The molecule has 0 aliphatic carbocycles. The molecule has 0 spiro atoms. The molecule has 1 unspecified atom stereocenters. The van der Waals surface area contributed by atoms with E-state index in [1.807, 2.05) is 19.1 Å². The van der Waals surface area contributed by atoms with Crippen molar-refractivity contribution in [2.45, 2.75) is 76.7 Å². The van der Waals surface area contributed by atoms with Crippen molar-refractivity contribution in [3.8, 4) is 0 Å². The third-order valence-electron chi connectivity index (χ3n) is 12.2. The number of carbonyl (C=O) groups excluding carboxylic acids is 5. The Hall–Kier alpha value is -6.78. The van der Waals surface area contributed by atoms with Gasteiger partial charge in [0.25, 0.3) is 29.6 Å². The van der Waals surface area contributed by atoms with Gasteiger partial charge in [0.2, 0.25) is 0 Å². The highest BCUT2D eigenvalue weighted by molar-refractivity contribution is 7.18. The van der Waals surface area contributed by atoms with Crippen LogP contribution in [0.4, 0.5) is 51.0 Å². The molecule has 388 valence electrons. The second-order valence-electron chi connectivity index (χ2n) is 18.5. The maximum atomic E-state index is 15.7. The zero-order valence-corrected chi connectivity index (χ0v) is 43.5. The fourth-order valence-corrected chi connectivity index (χ4v) is 10.5. The number of amides is 5. The Morgan fingerprint density at radius 3 is 1.92 bits per heavy atom. The summed E-state index contributed by atoms with van der Waals surface area (Å²) in [6.07, 6.45) is 0.977. The molecule has 0 saturated carbocycles. The van der Waals surface area contributed by atoms with Crippen molar-refractivity contribution in [3.63, 3.8) is 0 Å². The van der Waals surface area contributed by atoms with Crippen LogP contribution in [0, 0.1) is 13.8 Å². The largest absolute Gasteiger partial charge is 0.443 e. The number of benzene rings is 4. The molecule has 4 heterocycles. The van der Waals surface area contributed by atoms with Crippen LogP contribution in [0.2, 0.25) is 10.0 Å². The minimum Gasteiger partial charge on any atom is -0.443 e. The summed E-state index contributed by atoms with van der Waals surface area (Å²) in [6.45, 7) is 6.73. The van der Waals surface area contributed by atoms with Gasteiger partial charge in [-0.25, -0.2) is 27.9 Å². The number of hydrogen-bond acceptors (Lipinski definition) is 13. The van der Waals surface area contributed by atoms with Crippen molar-refractivity contribution in [2.24, 2.45) is 0 Å². The topological polar surface area (TPSA) is 208 Å². The van der Waals surface area contributed by atoms with Crippen LogP contribution >= 0.6 is 45.9 Å². The Morgan fingerprint density at radius 2 is 1.35 bits per heavy atom. The van der Waals surface area contributed by atoms with Gasteiger partial charge in [-0.1, -0.05) is 76.2 Å². The molecule has 8 rings (SSSR count). The number of piperidine rings is 2. The van der Waals surface area contributed by atoms with E-state index in [1.54, 1.807) is 75.4 Å². The van der Waals surface area contributed by atoms with E-state index in [1.165, 1.54) is 29.4 Å². The molecule has 5 amide bonds. The number of nitrogens with one attached hydrogen (secondary N) is 7. The number of thiazole rings is 2. The minimum atomic E-state index is -3.08. The van der Waals surface area contributed by atoms with Gasteiger partial charge in [0.1, 0.15) is 21.5 Å². The van der Waals surface area contributed by atoms with E-state index in [9.17, 15) is 32.8 Å². The third-order valence-corrected chi connectivity index (χ3v) is 14.6. The number of likely N-dealkylation sites (tertiary alicyclic amines) is 1. The summed E-state index contributed by atoms with van der Waals surface area (Å²) >= 11 is 15.1. The van der Waals surface area contributed by atoms with Gasteiger partial charge >= 0.3 is 6.09 Å². The van der Waals surface area contributed by atoms with Gasteiger partial charge in [-0.2, -0.15) is 0 Å². The van der Waals surface area contributed by atoms with E-state index >= 15 is 4.39 Å². The number of hydrogen-bond donors (Lipinski definition) is 7. The van der Waals surface area contributed by atoms with E-state index in [4.69, 9.17) is 27.9 Å². The second kappa shape index (κ2) is 22.8. The fourth-order valence-electron chi connectivity index (χ4n) is 8.38. The van der Waals surface area contributed by atoms with Crippen molar-refractivity contribution < 1.29 is 41.9 Å². The molecule has 2 aliphatic heterocycles. The lowest BCUT2D eigenvalue weighted by Crippen LogP contribution is -2.57. The van der Waals surface area contributed by atoms with Crippen LogP contribution < -0.4 is 37.2 Å². The summed E-state index contributed by atoms with van der Waals surface area (Å²) < 4.78 is 50.1. The summed E-state index contributed by atoms with van der Waals surface area (Å²) in [6, 6.07) is 19.5. The van der Waals surface area contributed by atoms with Gasteiger partial charge in [0.15, 0.2) is 10.3 Å². The van der Waals surface area contributed by atoms with Crippen LogP contribution in [-0.2, 0) is 11.2 Å². The summed E-state index contributed by atoms with van der Waals surface area (Å²) in [5.41, 5.74) is 3.40. The van der Waals surface area contributed by atoms with Gasteiger partial charge < -0.3 is 46.9 Å². The van der Waals surface area contributed by atoms with Crippen LogP contribution in [0.25, 0.3) is 0 Å². The smallest absolute Gasteiger partial charge is 0.410 e. The normalized spacial score (nSPS) is 17.4. The molecule has 6 aromatic rings. The zero-order valence-electron chi connectivity index (χ0n) is 40.3. The fraction of sp³-hybridized carbons (Fsp3) is 0.314. The highest BCUT2D eigenvalue weighted by atomic mass is 35.5. The monoisotopic (exact) mass is 1090 g/mol. The summed E-state index contributed by atoms with van der Waals surface area (Å²) in [5.74, 6) is -5.07. The first-order chi connectivity index (χ1) is 35.2. The Balaban J connectivity index is 0.792. The molecule has 3 atom stereocenters. The minimum absolute atomic E-state index is 0.0955. The molecule has 2 saturated heterocycles.